The number of amides is 1. The van der Waals surface area contributed by atoms with E-state index in [0.717, 1.165) is 5.56 Å². The molecule has 0 bridgehead atoms. The summed E-state index contributed by atoms with van der Waals surface area (Å²) in [6, 6.07) is 8.12. The van der Waals surface area contributed by atoms with E-state index in [4.69, 9.17) is 18.9 Å². The molecular weight excluding hydrogens is 500 g/mol. The van der Waals surface area contributed by atoms with Crippen molar-refractivity contribution in [2.75, 3.05) is 46.8 Å². The Hall–Kier alpha value is -3.31. The maximum atomic E-state index is 13.5. The molecule has 2 aromatic carbocycles. The van der Waals surface area contributed by atoms with E-state index in [1.165, 1.54) is 44.9 Å². The van der Waals surface area contributed by atoms with Gasteiger partial charge in [-0.1, -0.05) is 19.9 Å². The third-order valence-electron chi connectivity index (χ3n) is 6.48. The number of esters is 1. The van der Waals surface area contributed by atoms with Gasteiger partial charge in [0.1, 0.15) is 10.6 Å². The van der Waals surface area contributed by atoms with Crippen molar-refractivity contribution in [3.8, 4) is 17.2 Å². The first-order chi connectivity index (χ1) is 17.6. The van der Waals surface area contributed by atoms with Gasteiger partial charge in [-0.25, -0.2) is 13.2 Å². The molecule has 0 aliphatic carbocycles. The van der Waals surface area contributed by atoms with Gasteiger partial charge in [-0.3, -0.25) is 4.79 Å². The maximum Gasteiger partial charge on any atom is 0.340 e. The van der Waals surface area contributed by atoms with Gasteiger partial charge in [0.15, 0.2) is 11.5 Å². The number of sulfonamides is 1. The quantitative estimate of drug-likeness (QED) is 0.484. The van der Waals surface area contributed by atoms with Crippen LogP contribution in [-0.2, 0) is 19.6 Å². The van der Waals surface area contributed by atoms with Crippen LogP contribution in [0.15, 0.2) is 35.2 Å². The number of anilines is 1. The molecule has 0 saturated carbocycles. The number of piperidine rings is 1. The number of hydrogen-bond acceptors (Lipinski definition) is 8. The van der Waals surface area contributed by atoms with E-state index in [0.29, 0.717) is 24.3 Å². The monoisotopic (exact) mass is 534 g/mol. The van der Waals surface area contributed by atoms with Gasteiger partial charge in [0.25, 0.3) is 0 Å². The van der Waals surface area contributed by atoms with Gasteiger partial charge in [-0.05, 0) is 36.5 Å². The Labute approximate surface area is 217 Å². The number of rotatable bonds is 9. The smallest absolute Gasteiger partial charge is 0.340 e. The number of ether oxygens (including phenoxy) is 4. The number of carbonyl (C=O) groups is 2. The van der Waals surface area contributed by atoms with Gasteiger partial charge in [-0.2, -0.15) is 4.31 Å². The Morgan fingerprint density at radius 2 is 1.51 bits per heavy atom. The highest BCUT2D eigenvalue weighted by Gasteiger charge is 2.34. The third-order valence-corrected chi connectivity index (χ3v) is 8.40. The molecule has 1 amide bonds. The summed E-state index contributed by atoms with van der Waals surface area (Å²) < 4.78 is 49.0. The molecule has 0 spiro atoms. The molecule has 0 atom stereocenters. The summed E-state index contributed by atoms with van der Waals surface area (Å²) in [4.78, 5) is 25.5. The first kappa shape index (κ1) is 28.3. The van der Waals surface area contributed by atoms with Crippen LogP contribution in [0.5, 0.6) is 17.2 Å². The zero-order valence-electron chi connectivity index (χ0n) is 22.0. The highest BCUT2D eigenvalue weighted by atomic mass is 32.2. The van der Waals surface area contributed by atoms with Crippen molar-refractivity contribution >= 4 is 27.6 Å². The van der Waals surface area contributed by atoms with Crippen LogP contribution in [-0.4, -0.2) is 66.1 Å². The van der Waals surface area contributed by atoms with E-state index in [2.05, 4.69) is 5.32 Å². The fraction of sp³-hybridized carbons (Fsp3) is 0.462. The van der Waals surface area contributed by atoms with E-state index in [1.807, 2.05) is 19.9 Å². The number of nitrogens with zero attached hydrogens (tertiary/aromatic N) is 1. The summed E-state index contributed by atoms with van der Waals surface area (Å²) in [7, 11) is 1.75. The highest BCUT2D eigenvalue weighted by molar-refractivity contribution is 7.89. The summed E-state index contributed by atoms with van der Waals surface area (Å²) in [5, 5.41) is 2.78. The van der Waals surface area contributed by atoms with Gasteiger partial charge in [0.2, 0.25) is 15.9 Å². The first-order valence-electron chi connectivity index (χ1n) is 11.9. The van der Waals surface area contributed by atoms with Crippen molar-refractivity contribution in [3.05, 3.63) is 41.5 Å². The lowest BCUT2D eigenvalue weighted by Crippen LogP contribution is -2.41. The Morgan fingerprint density at radius 3 is 2.05 bits per heavy atom. The van der Waals surface area contributed by atoms with Gasteiger partial charge < -0.3 is 24.3 Å². The third kappa shape index (κ3) is 5.99. The van der Waals surface area contributed by atoms with Crippen molar-refractivity contribution in [1.82, 2.24) is 4.31 Å². The molecule has 2 aromatic rings. The molecule has 1 saturated heterocycles. The lowest BCUT2D eigenvalue weighted by molar-refractivity contribution is -0.120. The molecule has 10 nitrogen and oxygen atoms in total. The van der Waals surface area contributed by atoms with E-state index in [1.54, 1.807) is 12.1 Å². The van der Waals surface area contributed by atoms with E-state index < -0.39 is 21.9 Å². The SMILES string of the molecule is COC(=O)c1cc(OC)c(OC)cc1NC(=O)C1CCN(S(=O)(=O)c2cc(C(C)C)ccc2OC)CC1. The lowest BCUT2D eigenvalue weighted by Gasteiger charge is -2.31. The predicted octanol–water partition coefficient (Wildman–Crippen LogP) is 3.66. The van der Waals surface area contributed by atoms with Crippen molar-refractivity contribution < 1.29 is 37.0 Å². The number of methoxy groups -OCH3 is 4. The molecule has 1 heterocycles. The second-order valence-corrected chi connectivity index (χ2v) is 10.9. The van der Waals surface area contributed by atoms with Crippen LogP contribution in [0.3, 0.4) is 0 Å². The minimum absolute atomic E-state index is 0.116. The van der Waals surface area contributed by atoms with Crippen LogP contribution < -0.4 is 19.5 Å². The Morgan fingerprint density at radius 1 is 0.919 bits per heavy atom. The zero-order valence-corrected chi connectivity index (χ0v) is 22.8. The predicted molar refractivity (Wildman–Crippen MR) is 138 cm³/mol. The topological polar surface area (TPSA) is 120 Å². The number of nitrogens with one attached hydrogen (secondary N) is 1. The summed E-state index contributed by atoms with van der Waals surface area (Å²) in [6.45, 7) is 4.33. The molecule has 11 heteroatoms. The van der Waals surface area contributed by atoms with Gasteiger partial charge >= 0.3 is 5.97 Å². The number of carbonyl (C=O) groups excluding carboxylic acids is 2. The second kappa shape index (κ2) is 11.8. The summed E-state index contributed by atoms with van der Waals surface area (Å²) >= 11 is 0. The second-order valence-electron chi connectivity index (χ2n) is 8.98. The van der Waals surface area contributed by atoms with Gasteiger partial charge in [0.05, 0.1) is 39.7 Å². The lowest BCUT2D eigenvalue weighted by atomic mass is 9.97. The molecule has 1 aliphatic rings. The number of hydrogen-bond donors (Lipinski definition) is 1. The standard InChI is InChI=1S/C26H34N2O8S/c1-16(2)18-7-8-21(33-3)24(13-18)37(31,32)28-11-9-17(10-12-28)25(29)27-20-15-23(35-5)22(34-4)14-19(20)26(30)36-6/h7-8,13-17H,9-12H2,1-6H3,(H,27,29). The molecule has 1 N–H and O–H groups in total. The van der Waals surface area contributed by atoms with E-state index >= 15 is 0 Å². The van der Waals surface area contributed by atoms with Crippen LogP contribution in [0.2, 0.25) is 0 Å². The Kier molecular flexibility index (Phi) is 9.03. The molecule has 1 fully saturated rings. The van der Waals surface area contributed by atoms with Crippen LogP contribution in [0.25, 0.3) is 0 Å². The van der Waals surface area contributed by atoms with Crippen molar-refractivity contribution in [2.24, 2.45) is 5.92 Å². The maximum absolute atomic E-state index is 13.5. The molecule has 202 valence electrons. The summed E-state index contributed by atoms with van der Waals surface area (Å²) in [5.74, 6) is -0.327. The van der Waals surface area contributed by atoms with Gasteiger partial charge in [0, 0.05) is 31.1 Å². The average molecular weight is 535 g/mol. The summed E-state index contributed by atoms with van der Waals surface area (Å²) in [5.41, 5.74) is 1.23. The normalized spacial score (nSPS) is 14.8. The van der Waals surface area contributed by atoms with E-state index in [-0.39, 0.29) is 46.8 Å². The molecule has 37 heavy (non-hydrogen) atoms. The largest absolute Gasteiger partial charge is 0.495 e. The molecule has 0 unspecified atom stereocenters. The van der Waals surface area contributed by atoms with E-state index in [9.17, 15) is 18.0 Å². The van der Waals surface area contributed by atoms with Crippen LogP contribution >= 0.6 is 0 Å². The summed E-state index contributed by atoms with van der Waals surface area (Å²) in [6.07, 6.45) is 0.635. The van der Waals surface area contributed by atoms with Crippen molar-refractivity contribution in [3.63, 3.8) is 0 Å². The van der Waals surface area contributed by atoms with Crippen molar-refractivity contribution in [2.45, 2.75) is 37.5 Å². The zero-order chi connectivity index (χ0) is 27.3. The molecule has 3 rings (SSSR count). The van der Waals surface area contributed by atoms with Crippen LogP contribution in [0.4, 0.5) is 5.69 Å². The average Bonchev–Trinajstić information content (AvgIpc) is 2.91. The fourth-order valence-corrected chi connectivity index (χ4v) is 5.91. The Balaban J connectivity index is 1.77. The Bertz CT molecular complexity index is 1250. The fourth-order valence-electron chi connectivity index (χ4n) is 4.25. The molecular formula is C26H34N2O8S. The van der Waals surface area contributed by atoms with Gasteiger partial charge in [-0.15, -0.1) is 0 Å². The number of benzene rings is 2. The minimum atomic E-state index is -3.82. The molecule has 0 aromatic heterocycles. The van der Waals surface area contributed by atoms with Crippen LogP contribution in [0, 0.1) is 5.92 Å². The highest BCUT2D eigenvalue weighted by Crippen LogP contribution is 2.35. The molecule has 0 radical (unpaired) electrons. The minimum Gasteiger partial charge on any atom is -0.495 e. The van der Waals surface area contributed by atoms with Crippen LogP contribution in [0.1, 0.15) is 48.5 Å². The molecule has 1 aliphatic heterocycles. The van der Waals surface area contributed by atoms with Crippen molar-refractivity contribution in [1.29, 1.82) is 0 Å². The first-order valence-corrected chi connectivity index (χ1v) is 13.3.